The molecule has 1 amide bonds. The number of hydrogen-bond donors (Lipinski definition) is 0. The smallest absolute Gasteiger partial charge is 0.258 e. The number of nitrogens with zero attached hydrogens (tertiary/aromatic N) is 5. The number of ether oxygens (including phenoxy) is 1. The highest BCUT2D eigenvalue weighted by Crippen LogP contribution is 2.25. The maximum atomic E-state index is 13.4. The number of amides is 1. The molecule has 0 radical (unpaired) electrons. The topological polar surface area (TPSA) is 73.1 Å². The molecule has 0 saturated carbocycles. The number of carbonyl (C=O) groups excluding carboxylic acids is 1. The monoisotopic (exact) mass is 381 g/mol. The van der Waals surface area contributed by atoms with E-state index in [0.717, 1.165) is 12.8 Å². The van der Waals surface area contributed by atoms with Crippen molar-refractivity contribution in [3.63, 3.8) is 0 Å². The van der Waals surface area contributed by atoms with Crippen LogP contribution in [-0.4, -0.2) is 49.5 Å². The highest BCUT2D eigenvalue weighted by Gasteiger charge is 2.32. The second-order valence-electron chi connectivity index (χ2n) is 6.77. The summed E-state index contributed by atoms with van der Waals surface area (Å²) >= 11 is 0. The predicted octanol–water partition coefficient (Wildman–Crippen LogP) is 2.87. The van der Waals surface area contributed by atoms with Gasteiger partial charge in [0.25, 0.3) is 5.91 Å². The van der Waals surface area contributed by atoms with E-state index in [1.165, 1.54) is 29.3 Å². The standard InChI is InChI=1S/C20H20FN5O2/c1-14-7-8-17(28-16-5-2-4-15(21)12-16)13-25(14)20(27)18-6-3-9-22-19(18)26-23-10-11-24-26/h2-6,9-12,14,17H,7-8,13H2,1H3/t14-,17-/m1/s1. The van der Waals surface area contributed by atoms with Crippen molar-refractivity contribution >= 4 is 5.91 Å². The van der Waals surface area contributed by atoms with E-state index in [0.29, 0.717) is 23.7 Å². The quantitative estimate of drug-likeness (QED) is 0.695. The van der Waals surface area contributed by atoms with Crippen LogP contribution in [0, 0.1) is 5.82 Å². The van der Waals surface area contributed by atoms with Crippen LogP contribution >= 0.6 is 0 Å². The fraction of sp³-hybridized carbons (Fsp3) is 0.300. The molecule has 4 rings (SSSR count). The van der Waals surface area contributed by atoms with E-state index in [2.05, 4.69) is 15.2 Å². The summed E-state index contributed by atoms with van der Waals surface area (Å²) in [7, 11) is 0. The van der Waals surface area contributed by atoms with Gasteiger partial charge in [-0.05, 0) is 44.0 Å². The van der Waals surface area contributed by atoms with E-state index in [-0.39, 0.29) is 23.9 Å². The summed E-state index contributed by atoms with van der Waals surface area (Å²) in [4.78, 5) is 20.7. The van der Waals surface area contributed by atoms with Gasteiger partial charge in [-0.3, -0.25) is 4.79 Å². The van der Waals surface area contributed by atoms with E-state index in [4.69, 9.17) is 4.74 Å². The summed E-state index contributed by atoms with van der Waals surface area (Å²) in [6.45, 7) is 2.43. The van der Waals surface area contributed by atoms with E-state index >= 15 is 0 Å². The first kappa shape index (κ1) is 18.1. The van der Waals surface area contributed by atoms with Crippen LogP contribution in [0.2, 0.25) is 0 Å². The SMILES string of the molecule is C[C@@H]1CC[C@@H](Oc2cccc(F)c2)CN1C(=O)c1cccnc1-n1nccn1. The molecule has 8 heteroatoms. The van der Waals surface area contributed by atoms with Gasteiger partial charge in [-0.2, -0.15) is 10.2 Å². The van der Waals surface area contributed by atoms with Crippen LogP contribution in [0.15, 0.2) is 55.0 Å². The Bertz CT molecular complexity index is 963. The largest absolute Gasteiger partial charge is 0.488 e. The molecule has 1 aromatic carbocycles. The normalized spacial score (nSPS) is 19.4. The van der Waals surface area contributed by atoms with Gasteiger partial charge in [-0.25, -0.2) is 9.37 Å². The zero-order valence-corrected chi connectivity index (χ0v) is 15.4. The van der Waals surface area contributed by atoms with Gasteiger partial charge in [0.2, 0.25) is 0 Å². The third-order valence-corrected chi connectivity index (χ3v) is 4.82. The fourth-order valence-corrected chi connectivity index (χ4v) is 3.39. The van der Waals surface area contributed by atoms with Gasteiger partial charge in [-0.15, -0.1) is 4.80 Å². The minimum Gasteiger partial charge on any atom is -0.488 e. The first-order valence-corrected chi connectivity index (χ1v) is 9.16. The summed E-state index contributed by atoms with van der Waals surface area (Å²) in [6.07, 6.45) is 6.06. The van der Waals surface area contributed by atoms with Crippen molar-refractivity contribution in [1.29, 1.82) is 0 Å². The molecule has 7 nitrogen and oxygen atoms in total. The lowest BCUT2D eigenvalue weighted by Crippen LogP contribution is -2.49. The molecular weight excluding hydrogens is 361 g/mol. The van der Waals surface area contributed by atoms with Gasteiger partial charge in [-0.1, -0.05) is 6.07 Å². The van der Waals surface area contributed by atoms with E-state index < -0.39 is 0 Å². The van der Waals surface area contributed by atoms with Crippen LogP contribution < -0.4 is 4.74 Å². The maximum Gasteiger partial charge on any atom is 0.258 e. The number of rotatable bonds is 4. The maximum absolute atomic E-state index is 13.4. The Hall–Kier alpha value is -3.29. The summed E-state index contributed by atoms with van der Waals surface area (Å²) in [5.74, 6) is 0.356. The number of halogens is 1. The average Bonchev–Trinajstić information content (AvgIpc) is 3.24. The van der Waals surface area contributed by atoms with E-state index in [9.17, 15) is 9.18 Å². The van der Waals surface area contributed by atoms with Crippen LogP contribution in [0.25, 0.3) is 5.82 Å². The van der Waals surface area contributed by atoms with E-state index in [1.54, 1.807) is 35.4 Å². The molecule has 1 saturated heterocycles. The third-order valence-electron chi connectivity index (χ3n) is 4.82. The number of pyridine rings is 1. The average molecular weight is 381 g/mol. The molecule has 3 aromatic rings. The first-order valence-electron chi connectivity index (χ1n) is 9.16. The Morgan fingerprint density at radius 3 is 2.75 bits per heavy atom. The van der Waals surface area contributed by atoms with Crippen LogP contribution in [-0.2, 0) is 0 Å². The lowest BCUT2D eigenvalue weighted by Gasteiger charge is -2.38. The zero-order chi connectivity index (χ0) is 19.5. The van der Waals surface area contributed by atoms with E-state index in [1.807, 2.05) is 6.92 Å². The van der Waals surface area contributed by atoms with Crippen molar-refractivity contribution in [3.05, 3.63) is 66.4 Å². The van der Waals surface area contributed by atoms with Crippen LogP contribution in [0.1, 0.15) is 30.1 Å². The Balaban J connectivity index is 1.55. The Labute approximate surface area is 161 Å². The predicted molar refractivity (Wildman–Crippen MR) is 99.7 cm³/mol. The van der Waals surface area contributed by atoms with Gasteiger partial charge in [0, 0.05) is 18.3 Å². The number of likely N-dealkylation sites (tertiary alicyclic amines) is 1. The van der Waals surface area contributed by atoms with Gasteiger partial charge < -0.3 is 9.64 Å². The number of hydrogen-bond acceptors (Lipinski definition) is 5. The molecule has 1 fully saturated rings. The Kier molecular flexibility index (Phi) is 5.01. The number of aromatic nitrogens is 4. The molecule has 2 aromatic heterocycles. The van der Waals surface area contributed by atoms with Gasteiger partial charge in [0.15, 0.2) is 5.82 Å². The summed E-state index contributed by atoms with van der Waals surface area (Å²) in [5.41, 5.74) is 0.428. The Morgan fingerprint density at radius 1 is 1.14 bits per heavy atom. The second-order valence-corrected chi connectivity index (χ2v) is 6.77. The van der Waals surface area contributed by atoms with Crippen molar-refractivity contribution in [2.24, 2.45) is 0 Å². The molecule has 0 bridgehead atoms. The lowest BCUT2D eigenvalue weighted by molar-refractivity contribution is 0.0383. The third kappa shape index (κ3) is 3.71. The first-order chi connectivity index (χ1) is 13.6. The van der Waals surface area contributed by atoms with Crippen LogP contribution in [0.5, 0.6) is 5.75 Å². The second kappa shape index (κ2) is 7.75. The molecule has 2 atom stereocenters. The molecular formula is C20H20FN5O2. The lowest BCUT2D eigenvalue weighted by atomic mass is 10.00. The number of benzene rings is 1. The van der Waals surface area contributed by atoms with Crippen molar-refractivity contribution in [1.82, 2.24) is 24.9 Å². The zero-order valence-electron chi connectivity index (χ0n) is 15.4. The van der Waals surface area contributed by atoms with Crippen LogP contribution in [0.4, 0.5) is 4.39 Å². The summed E-state index contributed by atoms with van der Waals surface area (Å²) in [5, 5.41) is 8.17. The molecule has 28 heavy (non-hydrogen) atoms. The van der Waals surface area contributed by atoms with Crippen molar-refractivity contribution in [3.8, 4) is 11.6 Å². The fourth-order valence-electron chi connectivity index (χ4n) is 3.39. The molecule has 0 aliphatic carbocycles. The minimum absolute atomic E-state index is 0.0542. The molecule has 3 heterocycles. The molecule has 0 spiro atoms. The van der Waals surface area contributed by atoms with Crippen LogP contribution in [0.3, 0.4) is 0 Å². The molecule has 1 aliphatic heterocycles. The molecule has 0 N–H and O–H groups in total. The van der Waals surface area contributed by atoms with Crippen molar-refractivity contribution < 1.29 is 13.9 Å². The van der Waals surface area contributed by atoms with Gasteiger partial charge in [0.05, 0.1) is 24.5 Å². The molecule has 144 valence electrons. The number of piperidine rings is 1. The highest BCUT2D eigenvalue weighted by molar-refractivity contribution is 5.97. The molecule has 1 aliphatic rings. The Morgan fingerprint density at radius 2 is 1.96 bits per heavy atom. The number of carbonyl (C=O) groups is 1. The minimum atomic E-state index is -0.346. The van der Waals surface area contributed by atoms with Gasteiger partial charge >= 0.3 is 0 Å². The summed E-state index contributed by atoms with van der Waals surface area (Å²) in [6, 6.07) is 9.55. The molecule has 0 unspecified atom stereocenters. The highest BCUT2D eigenvalue weighted by atomic mass is 19.1. The summed E-state index contributed by atoms with van der Waals surface area (Å²) < 4.78 is 19.3. The van der Waals surface area contributed by atoms with Crippen molar-refractivity contribution in [2.45, 2.75) is 31.9 Å². The van der Waals surface area contributed by atoms with Gasteiger partial charge in [0.1, 0.15) is 17.7 Å². The van der Waals surface area contributed by atoms with Crippen molar-refractivity contribution in [2.75, 3.05) is 6.54 Å².